The first-order valence-corrected chi connectivity index (χ1v) is 8.69. The van der Waals surface area contributed by atoms with Gasteiger partial charge in [0.2, 0.25) is 0 Å². The van der Waals surface area contributed by atoms with Crippen LogP contribution in [-0.4, -0.2) is 54.1 Å². The van der Waals surface area contributed by atoms with Crippen LogP contribution in [0.3, 0.4) is 0 Å². The van der Waals surface area contributed by atoms with Gasteiger partial charge in [-0.3, -0.25) is 0 Å². The molecule has 154 valence electrons. The van der Waals surface area contributed by atoms with Gasteiger partial charge in [-0.1, -0.05) is 18.2 Å². The highest BCUT2D eigenvalue weighted by atomic mass is 16.5. The Labute approximate surface area is 171 Å². The number of rotatable bonds is 5. The van der Waals surface area contributed by atoms with Gasteiger partial charge in [0.05, 0.1) is 27.0 Å². The number of para-hydroxylation sites is 1. The van der Waals surface area contributed by atoms with Crippen LogP contribution in [0.4, 0.5) is 0 Å². The van der Waals surface area contributed by atoms with Crippen LogP contribution < -0.4 is 0 Å². The molecule has 3 aromatic rings. The van der Waals surface area contributed by atoms with Crippen molar-refractivity contribution in [3.05, 3.63) is 65.4 Å². The van der Waals surface area contributed by atoms with Crippen LogP contribution in [0.5, 0.6) is 5.75 Å². The average molecular weight is 410 g/mol. The maximum absolute atomic E-state index is 12.6. The zero-order valence-electron chi connectivity index (χ0n) is 16.4. The van der Waals surface area contributed by atoms with Crippen molar-refractivity contribution in [2.75, 3.05) is 21.3 Å². The molecule has 30 heavy (non-hydrogen) atoms. The van der Waals surface area contributed by atoms with Crippen LogP contribution in [0.2, 0.25) is 0 Å². The van der Waals surface area contributed by atoms with E-state index in [-0.39, 0.29) is 33.8 Å². The summed E-state index contributed by atoms with van der Waals surface area (Å²) in [7, 11) is 3.53. The Morgan fingerprint density at radius 3 is 2.10 bits per heavy atom. The Balaban J connectivity index is 2.35. The van der Waals surface area contributed by atoms with Crippen molar-refractivity contribution in [2.24, 2.45) is 0 Å². The largest absolute Gasteiger partial charge is 0.507 e. The van der Waals surface area contributed by atoms with E-state index in [1.54, 1.807) is 30.3 Å². The highest BCUT2D eigenvalue weighted by Crippen LogP contribution is 2.32. The number of aromatic nitrogens is 2. The van der Waals surface area contributed by atoms with Gasteiger partial charge in [0, 0.05) is 5.56 Å². The van der Waals surface area contributed by atoms with E-state index in [1.165, 1.54) is 44.2 Å². The van der Waals surface area contributed by atoms with E-state index >= 15 is 0 Å². The molecule has 0 atom stereocenters. The first kappa shape index (κ1) is 20.6. The Hall–Kier alpha value is -4.14. The zero-order chi connectivity index (χ0) is 21.8. The molecule has 0 aliphatic carbocycles. The van der Waals surface area contributed by atoms with Crippen molar-refractivity contribution in [1.29, 1.82) is 0 Å². The van der Waals surface area contributed by atoms with Crippen molar-refractivity contribution in [3.63, 3.8) is 0 Å². The van der Waals surface area contributed by atoms with E-state index in [0.717, 1.165) is 0 Å². The summed E-state index contributed by atoms with van der Waals surface area (Å²) in [5.74, 6) is -2.70. The number of phenols is 1. The molecule has 0 unspecified atom stereocenters. The zero-order valence-corrected chi connectivity index (χ0v) is 16.4. The molecule has 0 saturated carbocycles. The third kappa shape index (κ3) is 3.60. The Kier molecular flexibility index (Phi) is 5.82. The summed E-state index contributed by atoms with van der Waals surface area (Å²) in [6.45, 7) is 0. The van der Waals surface area contributed by atoms with Gasteiger partial charge in [-0.2, -0.15) is 5.10 Å². The van der Waals surface area contributed by atoms with Crippen LogP contribution in [0.1, 0.15) is 31.2 Å². The molecule has 0 radical (unpaired) electrons. The van der Waals surface area contributed by atoms with Crippen LogP contribution in [0, 0.1) is 0 Å². The predicted molar refractivity (Wildman–Crippen MR) is 105 cm³/mol. The molecule has 9 heteroatoms. The lowest BCUT2D eigenvalue weighted by Crippen LogP contribution is -2.15. The van der Waals surface area contributed by atoms with Gasteiger partial charge in [0.25, 0.3) is 0 Å². The second kappa shape index (κ2) is 8.48. The molecule has 1 heterocycles. The summed E-state index contributed by atoms with van der Waals surface area (Å²) < 4.78 is 15.7. The van der Waals surface area contributed by atoms with E-state index in [0.29, 0.717) is 5.69 Å². The fraction of sp³-hybridized carbons (Fsp3) is 0.143. The van der Waals surface area contributed by atoms with E-state index in [4.69, 9.17) is 9.47 Å². The molecular formula is C21H18N2O7. The first-order valence-electron chi connectivity index (χ1n) is 8.69. The minimum absolute atomic E-state index is 0.0660. The van der Waals surface area contributed by atoms with Gasteiger partial charge in [-0.25, -0.2) is 19.1 Å². The summed E-state index contributed by atoms with van der Waals surface area (Å²) >= 11 is 0. The van der Waals surface area contributed by atoms with Crippen molar-refractivity contribution in [2.45, 2.75) is 0 Å². The predicted octanol–water partition coefficient (Wildman–Crippen LogP) is 2.60. The number of methoxy groups -OCH3 is 3. The molecule has 0 amide bonds. The number of hydrogen-bond acceptors (Lipinski definition) is 8. The van der Waals surface area contributed by atoms with Gasteiger partial charge in [0.15, 0.2) is 5.69 Å². The van der Waals surface area contributed by atoms with Crippen LogP contribution in [0.15, 0.2) is 48.5 Å². The van der Waals surface area contributed by atoms with Crippen molar-refractivity contribution in [3.8, 4) is 22.7 Å². The molecule has 0 fully saturated rings. The number of ether oxygens (including phenoxy) is 3. The quantitative estimate of drug-likeness (QED) is 0.504. The van der Waals surface area contributed by atoms with Crippen molar-refractivity contribution >= 4 is 17.9 Å². The second-order valence-corrected chi connectivity index (χ2v) is 6.03. The fourth-order valence-corrected chi connectivity index (χ4v) is 2.91. The van der Waals surface area contributed by atoms with Gasteiger partial charge in [-0.15, -0.1) is 0 Å². The molecule has 3 rings (SSSR count). The number of benzene rings is 2. The number of phenolic OH excluding ortho intramolecular Hbond substituents is 1. The van der Waals surface area contributed by atoms with E-state index in [1.807, 2.05) is 0 Å². The normalized spacial score (nSPS) is 10.4. The molecule has 9 nitrogen and oxygen atoms in total. The lowest BCUT2D eigenvalue weighted by Gasteiger charge is -2.07. The third-order valence-electron chi connectivity index (χ3n) is 4.33. The summed E-state index contributed by atoms with van der Waals surface area (Å²) in [6, 6.07) is 12.7. The molecular weight excluding hydrogens is 392 g/mol. The van der Waals surface area contributed by atoms with Gasteiger partial charge < -0.3 is 19.3 Å². The van der Waals surface area contributed by atoms with Crippen molar-refractivity contribution in [1.82, 2.24) is 9.78 Å². The molecule has 0 spiro atoms. The molecule has 1 N–H and O–H groups in total. The second-order valence-electron chi connectivity index (χ2n) is 6.03. The van der Waals surface area contributed by atoms with Crippen LogP contribution in [0.25, 0.3) is 16.9 Å². The summed E-state index contributed by atoms with van der Waals surface area (Å²) in [5.41, 5.74) is 0.443. The van der Waals surface area contributed by atoms with Crippen molar-refractivity contribution < 1.29 is 33.7 Å². The average Bonchev–Trinajstić information content (AvgIpc) is 3.19. The van der Waals surface area contributed by atoms with Gasteiger partial charge in [-0.05, 0) is 30.3 Å². The minimum atomic E-state index is -0.819. The highest BCUT2D eigenvalue weighted by Gasteiger charge is 2.31. The standard InChI is InChI=1S/C21H18N2O7/c1-28-19(25)14-11-12(9-10-15(14)24)17-16(20(26)29-2)18(21(27)30-3)23(22-17)13-7-5-4-6-8-13/h4-11,24H,1-3H3. The van der Waals surface area contributed by atoms with E-state index in [9.17, 15) is 19.5 Å². The number of carbonyl (C=O) groups excluding carboxylic acids is 3. The molecule has 0 saturated heterocycles. The fourth-order valence-electron chi connectivity index (χ4n) is 2.91. The lowest BCUT2D eigenvalue weighted by molar-refractivity contribution is 0.0549. The summed E-state index contributed by atoms with van der Waals surface area (Å²) in [4.78, 5) is 37.1. The number of hydrogen-bond donors (Lipinski definition) is 1. The summed E-state index contributed by atoms with van der Waals surface area (Å²) in [6.07, 6.45) is 0. The molecule has 0 aliphatic heterocycles. The number of nitrogens with zero attached hydrogens (tertiary/aromatic N) is 2. The Bertz CT molecular complexity index is 1120. The Morgan fingerprint density at radius 2 is 1.50 bits per heavy atom. The van der Waals surface area contributed by atoms with Gasteiger partial charge >= 0.3 is 17.9 Å². The van der Waals surface area contributed by atoms with Crippen LogP contribution >= 0.6 is 0 Å². The molecule has 0 bridgehead atoms. The van der Waals surface area contributed by atoms with E-state index in [2.05, 4.69) is 9.84 Å². The maximum atomic E-state index is 12.6. The Morgan fingerprint density at radius 1 is 0.867 bits per heavy atom. The molecule has 0 aliphatic rings. The van der Waals surface area contributed by atoms with Crippen LogP contribution in [-0.2, 0) is 14.2 Å². The lowest BCUT2D eigenvalue weighted by atomic mass is 10.0. The monoisotopic (exact) mass is 410 g/mol. The molecule has 1 aromatic heterocycles. The minimum Gasteiger partial charge on any atom is -0.507 e. The smallest absolute Gasteiger partial charge is 0.357 e. The molecule has 2 aromatic carbocycles. The summed E-state index contributed by atoms with van der Waals surface area (Å²) in [5, 5.41) is 14.4. The highest BCUT2D eigenvalue weighted by molar-refractivity contribution is 6.07. The topological polar surface area (TPSA) is 117 Å². The number of carbonyl (C=O) groups is 3. The number of esters is 3. The van der Waals surface area contributed by atoms with Gasteiger partial charge in [0.1, 0.15) is 22.6 Å². The SMILES string of the molecule is COC(=O)c1cc(-c2nn(-c3ccccc3)c(C(=O)OC)c2C(=O)OC)ccc1O. The first-order chi connectivity index (χ1) is 14.4. The maximum Gasteiger partial charge on any atom is 0.357 e. The van der Waals surface area contributed by atoms with E-state index < -0.39 is 17.9 Å². The number of aromatic hydroxyl groups is 1. The third-order valence-corrected chi connectivity index (χ3v) is 4.33.